The summed E-state index contributed by atoms with van der Waals surface area (Å²) in [5.41, 5.74) is 2.36. The number of amides is 2. The van der Waals surface area contributed by atoms with Crippen LogP contribution in [0.5, 0.6) is 5.75 Å². The predicted octanol–water partition coefficient (Wildman–Crippen LogP) is 5.27. The van der Waals surface area contributed by atoms with E-state index in [1.54, 1.807) is 60.5 Å². The maximum atomic E-state index is 12.8. The molecule has 1 atom stereocenters. The Morgan fingerprint density at radius 2 is 1.67 bits per heavy atom. The number of carbonyl (C=O) groups excluding carboxylic acids is 2. The number of para-hydroxylation sites is 1. The Morgan fingerprint density at radius 3 is 2.33 bits per heavy atom. The summed E-state index contributed by atoms with van der Waals surface area (Å²) in [7, 11) is 1.72. The molecular formula is C26H27N3O3S. The summed E-state index contributed by atoms with van der Waals surface area (Å²) in [5.74, 6) is 0.224. The smallest absolute Gasteiger partial charge is 0.258 e. The fraction of sp³-hybridized carbons (Fsp3) is 0.192. The van der Waals surface area contributed by atoms with Crippen molar-refractivity contribution in [3.05, 3.63) is 90.0 Å². The van der Waals surface area contributed by atoms with Crippen LogP contribution in [-0.2, 0) is 0 Å². The zero-order chi connectivity index (χ0) is 23.8. The summed E-state index contributed by atoms with van der Waals surface area (Å²) in [5, 5.41) is 5.76. The minimum absolute atomic E-state index is 0.108. The molecule has 2 N–H and O–H groups in total. The van der Waals surface area contributed by atoms with Crippen molar-refractivity contribution in [3.63, 3.8) is 0 Å². The van der Waals surface area contributed by atoms with E-state index in [4.69, 9.17) is 17.0 Å². The number of hydrogen-bond acceptors (Lipinski definition) is 4. The fourth-order valence-electron chi connectivity index (χ4n) is 3.03. The lowest BCUT2D eigenvalue weighted by Gasteiger charge is -2.18. The molecule has 33 heavy (non-hydrogen) atoms. The third-order valence-electron chi connectivity index (χ3n) is 5.07. The van der Waals surface area contributed by atoms with Crippen molar-refractivity contribution in [2.75, 3.05) is 17.3 Å². The molecule has 0 heterocycles. The van der Waals surface area contributed by atoms with Crippen molar-refractivity contribution in [3.8, 4) is 5.75 Å². The molecule has 0 aliphatic carbocycles. The van der Waals surface area contributed by atoms with Gasteiger partial charge in [0.2, 0.25) is 0 Å². The van der Waals surface area contributed by atoms with E-state index >= 15 is 0 Å². The molecule has 0 saturated heterocycles. The fourth-order valence-corrected chi connectivity index (χ4v) is 3.24. The summed E-state index contributed by atoms with van der Waals surface area (Å²) >= 11 is 5.28. The van der Waals surface area contributed by atoms with Crippen molar-refractivity contribution in [2.45, 2.75) is 26.4 Å². The van der Waals surface area contributed by atoms with Gasteiger partial charge < -0.3 is 15.0 Å². The number of carbonyl (C=O) groups is 2. The van der Waals surface area contributed by atoms with E-state index in [1.807, 2.05) is 44.2 Å². The van der Waals surface area contributed by atoms with Crippen LogP contribution in [0.1, 0.15) is 41.0 Å². The molecule has 0 fully saturated rings. The van der Waals surface area contributed by atoms with Gasteiger partial charge in [-0.15, -0.1) is 0 Å². The minimum Gasteiger partial charge on any atom is -0.491 e. The Morgan fingerprint density at radius 1 is 0.970 bits per heavy atom. The second kappa shape index (κ2) is 11.2. The van der Waals surface area contributed by atoms with Gasteiger partial charge in [0.25, 0.3) is 11.8 Å². The summed E-state index contributed by atoms with van der Waals surface area (Å²) in [6.45, 7) is 4.04. The first-order valence-corrected chi connectivity index (χ1v) is 11.1. The highest BCUT2D eigenvalue weighted by molar-refractivity contribution is 7.80. The summed E-state index contributed by atoms with van der Waals surface area (Å²) in [4.78, 5) is 26.9. The lowest BCUT2D eigenvalue weighted by Crippen LogP contribution is -2.34. The average Bonchev–Trinajstić information content (AvgIpc) is 2.84. The number of rotatable bonds is 7. The van der Waals surface area contributed by atoms with Crippen LogP contribution in [0.2, 0.25) is 0 Å². The van der Waals surface area contributed by atoms with Crippen LogP contribution in [-0.4, -0.2) is 30.1 Å². The summed E-state index contributed by atoms with van der Waals surface area (Å²) in [6.07, 6.45) is 1.01. The van der Waals surface area contributed by atoms with E-state index < -0.39 is 0 Å². The van der Waals surface area contributed by atoms with Gasteiger partial charge in [-0.1, -0.05) is 31.2 Å². The van der Waals surface area contributed by atoms with Gasteiger partial charge in [-0.25, -0.2) is 0 Å². The average molecular weight is 462 g/mol. The van der Waals surface area contributed by atoms with Gasteiger partial charge >= 0.3 is 0 Å². The van der Waals surface area contributed by atoms with Gasteiger partial charge in [-0.05, 0) is 80.2 Å². The van der Waals surface area contributed by atoms with E-state index in [-0.39, 0.29) is 23.0 Å². The minimum atomic E-state index is -0.335. The molecule has 0 aromatic heterocycles. The van der Waals surface area contributed by atoms with E-state index in [0.717, 1.165) is 12.1 Å². The Hall–Kier alpha value is -3.71. The Kier molecular flexibility index (Phi) is 8.16. The molecule has 0 radical (unpaired) electrons. The van der Waals surface area contributed by atoms with Crippen LogP contribution in [0.25, 0.3) is 0 Å². The molecule has 2 amide bonds. The number of thiocarbonyl (C=S) groups is 1. The lowest BCUT2D eigenvalue weighted by atomic mass is 10.1. The molecule has 0 aliphatic rings. The first-order valence-electron chi connectivity index (χ1n) is 10.7. The molecule has 170 valence electrons. The Bertz CT molecular complexity index is 1120. The molecular weight excluding hydrogens is 434 g/mol. The van der Waals surface area contributed by atoms with Crippen LogP contribution in [0.4, 0.5) is 11.4 Å². The highest BCUT2D eigenvalue weighted by Gasteiger charge is 2.14. The van der Waals surface area contributed by atoms with Gasteiger partial charge in [-0.3, -0.25) is 14.9 Å². The summed E-state index contributed by atoms with van der Waals surface area (Å²) in [6, 6.07) is 23.3. The maximum Gasteiger partial charge on any atom is 0.258 e. The highest BCUT2D eigenvalue weighted by atomic mass is 32.1. The molecule has 3 aromatic rings. The largest absolute Gasteiger partial charge is 0.491 e. The SMILES string of the molecule is CCC(C)Oc1ccc(C(=O)NC(=S)Nc2cccc(C(=O)N(C)c3ccccc3)c2)cc1. The van der Waals surface area contributed by atoms with Crippen LogP contribution in [0.3, 0.4) is 0 Å². The van der Waals surface area contributed by atoms with E-state index in [0.29, 0.717) is 22.6 Å². The third kappa shape index (κ3) is 6.63. The number of nitrogens with zero attached hydrogens (tertiary/aromatic N) is 1. The Labute approximate surface area is 199 Å². The molecule has 0 bridgehead atoms. The van der Waals surface area contributed by atoms with Crippen LogP contribution in [0, 0.1) is 0 Å². The monoisotopic (exact) mass is 461 g/mol. The summed E-state index contributed by atoms with van der Waals surface area (Å²) < 4.78 is 5.73. The Balaban J connectivity index is 1.60. The molecule has 1 unspecified atom stereocenters. The molecule has 0 aliphatic heterocycles. The molecule has 3 rings (SSSR count). The van der Waals surface area contributed by atoms with Gasteiger partial charge in [0, 0.05) is 29.5 Å². The van der Waals surface area contributed by atoms with Gasteiger partial charge in [0.15, 0.2) is 5.11 Å². The quantitative estimate of drug-likeness (QED) is 0.469. The van der Waals surface area contributed by atoms with Gasteiger partial charge in [-0.2, -0.15) is 0 Å². The third-order valence-corrected chi connectivity index (χ3v) is 5.28. The van der Waals surface area contributed by atoms with E-state index in [2.05, 4.69) is 10.6 Å². The van der Waals surface area contributed by atoms with Crippen molar-refractivity contribution in [2.24, 2.45) is 0 Å². The van der Waals surface area contributed by atoms with Crippen LogP contribution < -0.4 is 20.3 Å². The maximum absolute atomic E-state index is 12.8. The standard InChI is InChI=1S/C26H27N3O3S/c1-4-18(2)32-23-15-13-19(14-16-23)24(30)28-26(33)27-21-10-8-9-20(17-21)25(31)29(3)22-11-6-5-7-12-22/h5-18H,4H2,1-3H3,(H2,27,28,30,33). The van der Waals surface area contributed by atoms with Crippen LogP contribution in [0.15, 0.2) is 78.9 Å². The van der Waals surface area contributed by atoms with Gasteiger partial charge in [0.1, 0.15) is 5.75 Å². The molecule has 7 heteroatoms. The number of nitrogens with one attached hydrogen (secondary N) is 2. The highest BCUT2D eigenvalue weighted by Crippen LogP contribution is 2.18. The zero-order valence-corrected chi connectivity index (χ0v) is 19.7. The second-order valence-electron chi connectivity index (χ2n) is 7.55. The zero-order valence-electron chi connectivity index (χ0n) is 18.9. The molecule has 3 aromatic carbocycles. The molecule has 6 nitrogen and oxygen atoms in total. The topological polar surface area (TPSA) is 70.7 Å². The van der Waals surface area contributed by atoms with E-state index in [1.165, 1.54) is 0 Å². The first kappa shape index (κ1) is 23.9. The van der Waals surface area contributed by atoms with Crippen LogP contribution >= 0.6 is 12.2 Å². The number of benzene rings is 3. The van der Waals surface area contributed by atoms with E-state index in [9.17, 15) is 9.59 Å². The number of ether oxygens (including phenoxy) is 1. The predicted molar refractivity (Wildman–Crippen MR) is 136 cm³/mol. The first-order chi connectivity index (χ1) is 15.9. The van der Waals surface area contributed by atoms with Crippen molar-refractivity contribution < 1.29 is 14.3 Å². The molecule has 0 spiro atoms. The number of anilines is 2. The number of hydrogen-bond donors (Lipinski definition) is 2. The van der Waals surface area contributed by atoms with Gasteiger partial charge in [0.05, 0.1) is 6.10 Å². The van der Waals surface area contributed by atoms with Crippen molar-refractivity contribution in [1.82, 2.24) is 5.32 Å². The van der Waals surface area contributed by atoms with Crippen molar-refractivity contribution >= 4 is 40.5 Å². The molecule has 0 saturated carbocycles. The lowest BCUT2D eigenvalue weighted by molar-refractivity contribution is 0.0974. The second-order valence-corrected chi connectivity index (χ2v) is 7.96. The van der Waals surface area contributed by atoms with Crippen molar-refractivity contribution in [1.29, 1.82) is 0 Å². The normalized spacial score (nSPS) is 11.2.